The molecule has 0 bridgehead atoms. The molecule has 1 aromatic carbocycles. The molecule has 88 valence electrons. The van der Waals surface area contributed by atoms with Crippen LogP contribution in [0.5, 0.6) is 0 Å². The van der Waals surface area contributed by atoms with Gasteiger partial charge in [-0.25, -0.2) is 0 Å². The molecule has 2 rings (SSSR count). The van der Waals surface area contributed by atoms with Gasteiger partial charge in [-0.3, -0.25) is 0 Å². The summed E-state index contributed by atoms with van der Waals surface area (Å²) in [5.41, 5.74) is 2.04. The van der Waals surface area contributed by atoms with Crippen LogP contribution in [0.1, 0.15) is 30.1 Å². The minimum Gasteiger partial charge on any atom is -0.386 e. The molecule has 2 nitrogen and oxygen atoms in total. The van der Waals surface area contributed by atoms with Gasteiger partial charge in [0, 0.05) is 15.6 Å². The first-order valence-corrected chi connectivity index (χ1v) is 6.93. The van der Waals surface area contributed by atoms with Crippen molar-refractivity contribution < 1.29 is 9.84 Å². The van der Waals surface area contributed by atoms with Crippen LogP contribution < -0.4 is 0 Å². The Bertz CT molecular complexity index is 387. The fourth-order valence-corrected chi connectivity index (χ4v) is 2.99. The van der Waals surface area contributed by atoms with E-state index in [-0.39, 0.29) is 6.10 Å². The average Bonchev–Trinajstić information content (AvgIpc) is 2.75. The number of hydrogen-bond acceptors (Lipinski definition) is 2. The van der Waals surface area contributed by atoms with Gasteiger partial charge in [0.15, 0.2) is 0 Å². The molecule has 1 fully saturated rings. The minimum atomic E-state index is -0.547. The lowest BCUT2D eigenvalue weighted by Crippen LogP contribution is -2.17. The van der Waals surface area contributed by atoms with Crippen LogP contribution in [0.25, 0.3) is 0 Å². The van der Waals surface area contributed by atoms with E-state index in [1.807, 2.05) is 19.1 Å². The Morgan fingerprint density at radius 1 is 1.38 bits per heavy atom. The summed E-state index contributed by atoms with van der Waals surface area (Å²) in [5, 5.41) is 10.2. The van der Waals surface area contributed by atoms with Gasteiger partial charge in [0.25, 0.3) is 0 Å². The predicted molar refractivity (Wildman–Crippen MR) is 70.5 cm³/mol. The summed E-state index contributed by atoms with van der Waals surface area (Å²) in [6, 6.07) is 3.98. The SMILES string of the molecule is Cc1cc(Br)c(C(O)C2CCCO2)cc1Br. The van der Waals surface area contributed by atoms with E-state index in [2.05, 4.69) is 31.9 Å². The number of halogens is 2. The molecule has 0 aliphatic carbocycles. The lowest BCUT2D eigenvalue weighted by Gasteiger charge is -2.19. The molecule has 2 atom stereocenters. The van der Waals surface area contributed by atoms with E-state index in [0.717, 1.165) is 39.5 Å². The molecule has 0 spiro atoms. The molecule has 1 aliphatic rings. The van der Waals surface area contributed by atoms with E-state index in [4.69, 9.17) is 4.74 Å². The summed E-state index contributed by atoms with van der Waals surface area (Å²) in [5.74, 6) is 0. The molecule has 4 heteroatoms. The Morgan fingerprint density at radius 3 is 2.75 bits per heavy atom. The summed E-state index contributed by atoms with van der Waals surface area (Å²) >= 11 is 6.98. The first-order chi connectivity index (χ1) is 7.59. The lowest BCUT2D eigenvalue weighted by molar-refractivity contribution is -0.00296. The third-order valence-electron chi connectivity index (χ3n) is 2.91. The van der Waals surface area contributed by atoms with Crippen LogP contribution in [-0.2, 0) is 4.74 Å². The van der Waals surface area contributed by atoms with Crippen LogP contribution in [0.3, 0.4) is 0 Å². The molecule has 1 N–H and O–H groups in total. The van der Waals surface area contributed by atoms with Crippen molar-refractivity contribution in [2.45, 2.75) is 32.0 Å². The number of rotatable bonds is 2. The van der Waals surface area contributed by atoms with Crippen molar-refractivity contribution in [2.24, 2.45) is 0 Å². The first kappa shape index (κ1) is 12.6. The third kappa shape index (κ3) is 2.50. The molecule has 16 heavy (non-hydrogen) atoms. The van der Waals surface area contributed by atoms with Crippen LogP contribution in [0, 0.1) is 6.92 Å². The first-order valence-electron chi connectivity index (χ1n) is 5.35. The molecule has 0 amide bonds. The third-order valence-corrected chi connectivity index (χ3v) is 4.45. The van der Waals surface area contributed by atoms with Crippen LogP contribution in [0.4, 0.5) is 0 Å². The van der Waals surface area contributed by atoms with Crippen molar-refractivity contribution in [1.29, 1.82) is 0 Å². The lowest BCUT2D eigenvalue weighted by atomic mass is 10.0. The summed E-state index contributed by atoms with van der Waals surface area (Å²) < 4.78 is 7.47. The monoisotopic (exact) mass is 348 g/mol. The van der Waals surface area contributed by atoms with E-state index in [1.54, 1.807) is 0 Å². The van der Waals surface area contributed by atoms with Gasteiger partial charge >= 0.3 is 0 Å². The number of aliphatic hydroxyl groups excluding tert-OH is 1. The molecule has 0 aromatic heterocycles. The van der Waals surface area contributed by atoms with Crippen LogP contribution in [0.2, 0.25) is 0 Å². The zero-order valence-corrected chi connectivity index (χ0v) is 12.2. The van der Waals surface area contributed by atoms with E-state index >= 15 is 0 Å². The van der Waals surface area contributed by atoms with E-state index < -0.39 is 6.10 Å². The molecule has 1 aliphatic heterocycles. The molecule has 0 saturated carbocycles. The van der Waals surface area contributed by atoms with Crippen molar-refractivity contribution in [3.8, 4) is 0 Å². The zero-order valence-electron chi connectivity index (χ0n) is 9.04. The van der Waals surface area contributed by atoms with Crippen molar-refractivity contribution in [1.82, 2.24) is 0 Å². The smallest absolute Gasteiger partial charge is 0.106 e. The minimum absolute atomic E-state index is 0.0640. The average molecular weight is 350 g/mol. The number of hydrogen-bond donors (Lipinski definition) is 1. The Kier molecular flexibility index (Phi) is 4.06. The van der Waals surface area contributed by atoms with Crippen molar-refractivity contribution in [3.63, 3.8) is 0 Å². The highest BCUT2D eigenvalue weighted by atomic mass is 79.9. The molecular weight excluding hydrogens is 336 g/mol. The number of aryl methyl sites for hydroxylation is 1. The van der Waals surface area contributed by atoms with E-state index in [0.29, 0.717) is 0 Å². The molecular formula is C12H14Br2O2. The van der Waals surface area contributed by atoms with Crippen LogP contribution in [-0.4, -0.2) is 17.8 Å². The van der Waals surface area contributed by atoms with Gasteiger partial charge in [0.2, 0.25) is 0 Å². The maximum Gasteiger partial charge on any atom is 0.106 e. The Balaban J connectivity index is 2.28. The highest BCUT2D eigenvalue weighted by molar-refractivity contribution is 9.11. The molecule has 1 heterocycles. The highest BCUT2D eigenvalue weighted by Gasteiger charge is 2.27. The van der Waals surface area contributed by atoms with Gasteiger partial charge in [-0.1, -0.05) is 31.9 Å². The van der Waals surface area contributed by atoms with Gasteiger partial charge in [-0.15, -0.1) is 0 Å². The van der Waals surface area contributed by atoms with Gasteiger partial charge < -0.3 is 9.84 Å². The van der Waals surface area contributed by atoms with Crippen molar-refractivity contribution in [2.75, 3.05) is 6.61 Å². The molecule has 0 radical (unpaired) electrons. The number of benzene rings is 1. The summed E-state index contributed by atoms with van der Waals surface area (Å²) in [6.45, 7) is 2.78. The predicted octanol–water partition coefficient (Wildman–Crippen LogP) is 3.73. The summed E-state index contributed by atoms with van der Waals surface area (Å²) in [4.78, 5) is 0. The fourth-order valence-electron chi connectivity index (χ4n) is 1.94. The summed E-state index contributed by atoms with van der Waals surface area (Å²) in [7, 11) is 0. The molecule has 1 aromatic rings. The second kappa shape index (κ2) is 5.17. The molecule has 2 unspecified atom stereocenters. The van der Waals surface area contributed by atoms with Crippen LogP contribution >= 0.6 is 31.9 Å². The zero-order chi connectivity index (χ0) is 11.7. The summed E-state index contributed by atoms with van der Waals surface area (Å²) in [6.07, 6.45) is 1.35. The van der Waals surface area contributed by atoms with E-state index in [9.17, 15) is 5.11 Å². The van der Waals surface area contributed by atoms with Crippen molar-refractivity contribution >= 4 is 31.9 Å². The maximum atomic E-state index is 10.2. The van der Waals surface area contributed by atoms with E-state index in [1.165, 1.54) is 0 Å². The number of aliphatic hydroxyl groups is 1. The second-order valence-electron chi connectivity index (χ2n) is 4.12. The quantitative estimate of drug-likeness (QED) is 0.881. The van der Waals surface area contributed by atoms with Gasteiger partial charge in [0.05, 0.1) is 6.10 Å². The maximum absolute atomic E-state index is 10.2. The standard InChI is InChI=1S/C12H14Br2O2/c1-7-5-10(14)8(6-9(7)13)12(15)11-3-2-4-16-11/h5-6,11-12,15H,2-4H2,1H3. The highest BCUT2D eigenvalue weighted by Crippen LogP contribution is 2.34. The van der Waals surface area contributed by atoms with Crippen molar-refractivity contribution in [3.05, 3.63) is 32.2 Å². The Hall–Kier alpha value is 0.1000. The largest absolute Gasteiger partial charge is 0.386 e. The van der Waals surface area contributed by atoms with Gasteiger partial charge in [-0.2, -0.15) is 0 Å². The Morgan fingerprint density at radius 2 is 2.12 bits per heavy atom. The van der Waals surface area contributed by atoms with Gasteiger partial charge in [0.1, 0.15) is 6.10 Å². The van der Waals surface area contributed by atoms with Crippen LogP contribution in [0.15, 0.2) is 21.1 Å². The topological polar surface area (TPSA) is 29.5 Å². The molecule has 1 saturated heterocycles. The number of ether oxygens (including phenoxy) is 1. The van der Waals surface area contributed by atoms with Gasteiger partial charge in [-0.05, 0) is 43.0 Å². The second-order valence-corrected chi connectivity index (χ2v) is 5.83. The normalized spacial score (nSPS) is 22.4. The fraction of sp³-hybridized carbons (Fsp3) is 0.500. The Labute approximate surface area is 112 Å².